The number of aryl methyl sites for hydroxylation is 1. The third-order valence-corrected chi connectivity index (χ3v) is 5.22. The van der Waals surface area contributed by atoms with Crippen molar-refractivity contribution in [1.82, 2.24) is 5.32 Å². The van der Waals surface area contributed by atoms with Crippen molar-refractivity contribution in [2.45, 2.75) is 12.7 Å². The van der Waals surface area contributed by atoms with Gasteiger partial charge in [-0.2, -0.15) is 11.8 Å². The van der Waals surface area contributed by atoms with Crippen molar-refractivity contribution in [2.75, 3.05) is 12.3 Å². The van der Waals surface area contributed by atoms with Crippen LogP contribution in [0.5, 0.6) is 0 Å². The van der Waals surface area contributed by atoms with Crippen molar-refractivity contribution in [3.05, 3.63) is 95.4 Å². The summed E-state index contributed by atoms with van der Waals surface area (Å²) in [5.74, 6) is 2.39. The van der Waals surface area contributed by atoms with E-state index in [0.29, 0.717) is 17.9 Å². The highest BCUT2D eigenvalue weighted by Crippen LogP contribution is 2.19. The minimum absolute atomic E-state index is 0.0888. The second-order valence-corrected chi connectivity index (χ2v) is 7.28. The van der Waals surface area contributed by atoms with Crippen LogP contribution >= 0.6 is 11.8 Å². The molecule has 27 heavy (non-hydrogen) atoms. The van der Waals surface area contributed by atoms with Gasteiger partial charge in [-0.3, -0.25) is 4.79 Å². The summed E-state index contributed by atoms with van der Waals surface area (Å²) >= 11 is 1.82. The van der Waals surface area contributed by atoms with E-state index < -0.39 is 0 Å². The Hall–Kier alpha value is -2.72. The fraction of sp³-hybridized carbons (Fsp3) is 0.174. The normalized spacial score (nSPS) is 11.4. The number of nitrogens with one attached hydrogen (secondary N) is 1. The molecule has 138 valence electrons. The Bertz CT molecular complexity index is 886. The van der Waals surface area contributed by atoms with E-state index in [1.807, 2.05) is 54.2 Å². The zero-order valence-electron chi connectivity index (χ0n) is 15.4. The van der Waals surface area contributed by atoms with Gasteiger partial charge in [-0.25, -0.2) is 0 Å². The Morgan fingerprint density at radius 2 is 1.81 bits per heavy atom. The van der Waals surface area contributed by atoms with E-state index in [-0.39, 0.29) is 5.91 Å². The highest BCUT2D eigenvalue weighted by molar-refractivity contribution is 7.98. The summed E-state index contributed by atoms with van der Waals surface area (Å²) in [5.41, 5.74) is 4.13. The van der Waals surface area contributed by atoms with Gasteiger partial charge in [0.05, 0.1) is 11.8 Å². The SMILES string of the molecule is Cc1ccccc1CSCCNC(=O)/C(=C/c1ccco1)c1ccccc1. The number of hydrogen-bond donors (Lipinski definition) is 1. The van der Waals surface area contributed by atoms with Crippen LogP contribution in [0.4, 0.5) is 0 Å². The minimum Gasteiger partial charge on any atom is -0.465 e. The van der Waals surface area contributed by atoms with Crippen molar-refractivity contribution in [3.8, 4) is 0 Å². The van der Waals surface area contributed by atoms with E-state index in [4.69, 9.17) is 4.42 Å². The van der Waals surface area contributed by atoms with Crippen LogP contribution < -0.4 is 5.32 Å². The molecule has 0 radical (unpaired) electrons. The number of carbonyl (C=O) groups excluding carboxylic acids is 1. The van der Waals surface area contributed by atoms with Gasteiger partial charge in [-0.15, -0.1) is 0 Å². The third-order valence-electron chi connectivity index (χ3n) is 4.21. The van der Waals surface area contributed by atoms with Gasteiger partial charge in [0.2, 0.25) is 0 Å². The molecule has 0 bridgehead atoms. The number of hydrogen-bond acceptors (Lipinski definition) is 3. The second kappa shape index (κ2) is 9.83. The summed E-state index contributed by atoms with van der Waals surface area (Å²) in [6.07, 6.45) is 3.39. The fourth-order valence-electron chi connectivity index (χ4n) is 2.70. The third kappa shape index (κ3) is 5.63. The van der Waals surface area contributed by atoms with Crippen LogP contribution in [0.25, 0.3) is 11.6 Å². The van der Waals surface area contributed by atoms with Gasteiger partial charge in [0.25, 0.3) is 5.91 Å². The van der Waals surface area contributed by atoms with Gasteiger partial charge < -0.3 is 9.73 Å². The molecule has 0 aliphatic rings. The molecule has 0 aliphatic heterocycles. The van der Waals surface area contributed by atoms with Gasteiger partial charge in [0.15, 0.2) is 0 Å². The molecule has 0 fully saturated rings. The highest BCUT2D eigenvalue weighted by atomic mass is 32.2. The monoisotopic (exact) mass is 377 g/mol. The van der Waals surface area contributed by atoms with E-state index in [1.54, 1.807) is 12.3 Å². The van der Waals surface area contributed by atoms with Crippen molar-refractivity contribution >= 4 is 29.3 Å². The summed E-state index contributed by atoms with van der Waals surface area (Å²) in [4.78, 5) is 12.7. The predicted octanol–water partition coefficient (Wildman–Crippen LogP) is 5.18. The molecule has 0 spiro atoms. The topological polar surface area (TPSA) is 42.2 Å². The first kappa shape index (κ1) is 19.1. The molecule has 0 saturated carbocycles. The number of benzene rings is 2. The number of rotatable bonds is 8. The average Bonchev–Trinajstić information content (AvgIpc) is 3.21. The lowest BCUT2D eigenvalue weighted by molar-refractivity contribution is -0.115. The van der Waals surface area contributed by atoms with E-state index in [9.17, 15) is 4.79 Å². The summed E-state index contributed by atoms with van der Waals surface area (Å²) < 4.78 is 5.38. The Morgan fingerprint density at radius 3 is 2.56 bits per heavy atom. The smallest absolute Gasteiger partial charge is 0.252 e. The zero-order valence-corrected chi connectivity index (χ0v) is 16.2. The Balaban J connectivity index is 1.56. The number of thioether (sulfide) groups is 1. The molecule has 3 nitrogen and oxygen atoms in total. The summed E-state index contributed by atoms with van der Waals surface area (Å²) in [7, 11) is 0. The Morgan fingerprint density at radius 1 is 1.04 bits per heavy atom. The summed E-state index contributed by atoms with van der Waals surface area (Å²) in [6, 6.07) is 21.7. The molecule has 0 aliphatic carbocycles. The van der Waals surface area contributed by atoms with Crippen LogP contribution in [0.2, 0.25) is 0 Å². The van der Waals surface area contributed by atoms with Gasteiger partial charge in [0, 0.05) is 18.1 Å². The summed E-state index contributed by atoms with van der Waals surface area (Å²) in [5, 5.41) is 3.02. The molecule has 2 aromatic carbocycles. The van der Waals surface area contributed by atoms with Crippen molar-refractivity contribution in [2.24, 2.45) is 0 Å². The maximum absolute atomic E-state index is 12.7. The first-order valence-corrected chi connectivity index (χ1v) is 10.1. The first-order valence-electron chi connectivity index (χ1n) is 8.95. The van der Waals surface area contributed by atoms with Gasteiger partial charge in [-0.1, -0.05) is 54.6 Å². The molecule has 1 heterocycles. The van der Waals surface area contributed by atoms with Crippen molar-refractivity contribution in [1.29, 1.82) is 0 Å². The number of amides is 1. The lowest BCUT2D eigenvalue weighted by Crippen LogP contribution is -2.26. The maximum Gasteiger partial charge on any atom is 0.252 e. The van der Waals surface area contributed by atoms with Gasteiger partial charge in [-0.05, 0) is 41.8 Å². The van der Waals surface area contributed by atoms with Crippen LogP contribution in [0.15, 0.2) is 77.4 Å². The lowest BCUT2D eigenvalue weighted by Gasteiger charge is -2.10. The van der Waals surface area contributed by atoms with Crippen LogP contribution in [-0.2, 0) is 10.5 Å². The second-order valence-electron chi connectivity index (χ2n) is 6.17. The minimum atomic E-state index is -0.0888. The molecule has 0 unspecified atom stereocenters. The molecular weight excluding hydrogens is 354 g/mol. The van der Waals surface area contributed by atoms with E-state index in [1.165, 1.54) is 11.1 Å². The molecule has 1 amide bonds. The van der Waals surface area contributed by atoms with Crippen LogP contribution in [0, 0.1) is 6.92 Å². The highest BCUT2D eigenvalue weighted by Gasteiger charge is 2.12. The molecule has 4 heteroatoms. The van der Waals surface area contributed by atoms with E-state index >= 15 is 0 Å². The molecular formula is C23H23NO2S. The average molecular weight is 378 g/mol. The maximum atomic E-state index is 12.7. The standard InChI is InChI=1S/C23H23NO2S/c1-18-8-5-6-11-20(18)17-27-15-13-24-23(25)22(16-21-12-7-14-26-21)19-9-3-2-4-10-19/h2-12,14,16H,13,15,17H2,1H3,(H,24,25)/b22-16+. The quantitative estimate of drug-likeness (QED) is 0.434. The summed E-state index contributed by atoms with van der Waals surface area (Å²) in [6.45, 7) is 2.75. The van der Waals surface area contributed by atoms with E-state index in [2.05, 4.69) is 36.5 Å². The molecule has 3 rings (SSSR count). The van der Waals surface area contributed by atoms with Crippen LogP contribution in [0.1, 0.15) is 22.5 Å². The van der Waals surface area contributed by atoms with Gasteiger partial charge in [0.1, 0.15) is 5.76 Å². The van der Waals surface area contributed by atoms with Crippen molar-refractivity contribution in [3.63, 3.8) is 0 Å². The van der Waals surface area contributed by atoms with Crippen molar-refractivity contribution < 1.29 is 9.21 Å². The van der Waals surface area contributed by atoms with E-state index in [0.717, 1.165) is 17.1 Å². The number of furan rings is 1. The van der Waals surface area contributed by atoms with Gasteiger partial charge >= 0.3 is 0 Å². The largest absolute Gasteiger partial charge is 0.465 e. The van der Waals surface area contributed by atoms with Crippen LogP contribution in [-0.4, -0.2) is 18.2 Å². The molecule has 1 aromatic heterocycles. The molecule has 1 N–H and O–H groups in total. The zero-order chi connectivity index (χ0) is 18.9. The molecule has 3 aromatic rings. The first-order chi connectivity index (χ1) is 13.2. The predicted molar refractivity (Wildman–Crippen MR) is 113 cm³/mol. The van der Waals surface area contributed by atoms with Crippen LogP contribution in [0.3, 0.4) is 0 Å². The molecule has 0 atom stereocenters. The Labute approximate surface area is 164 Å². The lowest BCUT2D eigenvalue weighted by atomic mass is 10.0. The number of carbonyl (C=O) groups is 1. The molecule has 0 saturated heterocycles. The Kier molecular flexibility index (Phi) is 6.94. The fourth-order valence-corrected chi connectivity index (χ4v) is 3.63.